The van der Waals surface area contributed by atoms with Gasteiger partial charge < -0.3 is 49.4 Å². The van der Waals surface area contributed by atoms with Crippen molar-refractivity contribution in [3.05, 3.63) is 193 Å². The number of esters is 1. The minimum atomic E-state index is -0.688. The number of carbonyl (C=O) groups excluding carboxylic acids is 3. The maximum Gasteiger partial charge on any atom is 1.00 e. The Morgan fingerprint density at radius 3 is 1.48 bits per heavy atom. The minimum Gasteiger partial charge on any atom is -1.00 e. The molecule has 473 valence electrons. The smallest absolute Gasteiger partial charge is 1.00 e. The molecule has 2 aliphatic carbocycles. The Hall–Kier alpha value is -6.15. The first kappa shape index (κ1) is 72.3. The van der Waals surface area contributed by atoms with Crippen LogP contribution in [0.3, 0.4) is 0 Å². The first-order valence-electron chi connectivity index (χ1n) is 29.4. The number of aromatic nitrogens is 3. The summed E-state index contributed by atoms with van der Waals surface area (Å²) in [5, 5.41) is 18.8. The summed E-state index contributed by atoms with van der Waals surface area (Å²) in [5.74, 6) is 0.673. The van der Waals surface area contributed by atoms with Crippen LogP contribution in [0.15, 0.2) is 143 Å². The fourth-order valence-electron chi connectivity index (χ4n) is 9.69. The quantitative estimate of drug-likeness (QED) is 0.0578. The van der Waals surface area contributed by atoms with Crippen LogP contribution in [0.2, 0.25) is 0 Å². The molecule has 0 spiro atoms. The third-order valence-electron chi connectivity index (χ3n) is 16.2. The third-order valence-corrected chi connectivity index (χ3v) is 17.5. The number of carbonyl (C=O) groups is 3. The van der Waals surface area contributed by atoms with Crippen LogP contribution in [0.5, 0.6) is 17.6 Å². The predicted molar refractivity (Wildman–Crippen MR) is 344 cm³/mol. The van der Waals surface area contributed by atoms with Crippen molar-refractivity contribution in [2.75, 3.05) is 33.5 Å². The summed E-state index contributed by atoms with van der Waals surface area (Å²) in [6.07, 6.45) is 10.2. The molecule has 23 heteroatoms. The van der Waals surface area contributed by atoms with E-state index in [-0.39, 0.29) is 96.3 Å². The fraction of sp³-hybridized carbons (Fsp3) is 0.382. The number of ketones is 2. The van der Waals surface area contributed by atoms with Crippen molar-refractivity contribution in [1.29, 1.82) is 0 Å². The Morgan fingerprint density at radius 1 is 0.626 bits per heavy atom. The zero-order chi connectivity index (χ0) is 63.7. The Bertz CT molecular complexity index is 3590. The van der Waals surface area contributed by atoms with Gasteiger partial charge in [0.2, 0.25) is 17.6 Å². The van der Waals surface area contributed by atoms with Gasteiger partial charge in [-0.05, 0) is 168 Å². The molecular weight excluding hydrogens is 1290 g/mol. The molecule has 0 atom stereocenters. The van der Waals surface area contributed by atoms with E-state index >= 15 is 0 Å². The summed E-state index contributed by atoms with van der Waals surface area (Å²) < 4.78 is 72.0. The molecule has 3 saturated heterocycles. The van der Waals surface area contributed by atoms with E-state index in [0.717, 1.165) is 80.1 Å². The zero-order valence-corrected chi connectivity index (χ0v) is 55.5. The van der Waals surface area contributed by atoms with Gasteiger partial charge in [0.15, 0.2) is 11.6 Å². The van der Waals surface area contributed by atoms with Crippen molar-refractivity contribution >= 4 is 70.4 Å². The van der Waals surface area contributed by atoms with Gasteiger partial charge in [0.05, 0.1) is 74.1 Å². The van der Waals surface area contributed by atoms with Crippen LogP contribution < -0.4 is 38.5 Å². The van der Waals surface area contributed by atoms with Gasteiger partial charge in [0.1, 0.15) is 34.7 Å². The van der Waals surface area contributed by atoms with E-state index in [4.69, 9.17) is 38.1 Å². The molecule has 0 unspecified atom stereocenters. The molecule has 3 radical (unpaired) electrons. The third kappa shape index (κ3) is 18.2. The second-order valence-corrected chi connectivity index (χ2v) is 25.5. The van der Waals surface area contributed by atoms with Crippen molar-refractivity contribution in [2.45, 2.75) is 134 Å². The molecule has 16 nitrogen and oxygen atoms in total. The molecule has 5 aliphatic rings. The summed E-state index contributed by atoms with van der Waals surface area (Å²) in [6, 6.07) is 32.8. The average Bonchev–Trinajstić information content (AvgIpc) is 1.09. The number of methoxy groups -OCH3 is 1. The van der Waals surface area contributed by atoms with E-state index < -0.39 is 35.1 Å². The summed E-state index contributed by atoms with van der Waals surface area (Å²) in [5.41, 5.74) is 5.90. The number of benzene rings is 4. The van der Waals surface area contributed by atoms with Gasteiger partial charge in [-0.25, -0.2) is 28.5 Å². The number of Topliss-reactive ketones (excluding diaryl/α,β-unsaturated/α-hetero) is 2. The van der Waals surface area contributed by atoms with Crippen LogP contribution in [-0.4, -0.2) is 121 Å². The monoisotopic (exact) mass is 1360 g/mol. The summed E-state index contributed by atoms with van der Waals surface area (Å²) in [6.45, 7) is 13.2. The van der Waals surface area contributed by atoms with Crippen LogP contribution >= 0.6 is 31.9 Å². The molecule has 3 aromatic heterocycles. The van der Waals surface area contributed by atoms with Crippen molar-refractivity contribution in [3.63, 3.8) is 0 Å². The molecule has 7 aromatic rings. The first-order valence-corrected chi connectivity index (χ1v) is 31.0. The molecular formula is C68H73B2Br2F2LiN3O13. The first-order chi connectivity index (χ1) is 42.5. The standard InChI is InChI=1S/C26H24FNO4.C23H26BFO4.C10H10BrNO3.C9H12BrNO2.B.Li.H/c27-21-7-1-17(2-8-21)11-24(30)26(15-31-16-26)20-5-3-18(4-6-20)23-13-28-25(12-19(23)14-29)32-22-9-10-22;1-21(2)22(3,4)29-24(28-21)18-9-7-17(8-10-18)23(14-27-15-23)20(26)13-16-5-11-19(25)12-6-16;1-14-10(13)7-4-9(12-5-8(7)11)15-6-2-3-6;1-6(2)13-9-3-7(5-12)8(10)4-11-9;;;/h1-8,12-13,22,29H,9-11,14-16H2;5-12H,13-15H2,1-4H3;4-6H,2-3H2,1H3;3-4,6,12H,5H2,1-2H3;;;/q;;;;;+1;-1. The second kappa shape index (κ2) is 31.6. The van der Waals surface area contributed by atoms with E-state index in [1.807, 2.05) is 90.1 Å². The van der Waals surface area contributed by atoms with Gasteiger partial charge in [0, 0.05) is 68.1 Å². The number of halogens is 4. The van der Waals surface area contributed by atoms with Gasteiger partial charge in [0.25, 0.3) is 0 Å². The van der Waals surface area contributed by atoms with Gasteiger partial charge >= 0.3 is 31.9 Å². The molecule has 5 fully saturated rings. The number of nitrogens with zero attached hydrogens (tertiary/aromatic N) is 3. The summed E-state index contributed by atoms with van der Waals surface area (Å²) in [7, 11) is 0.911. The van der Waals surface area contributed by atoms with Gasteiger partial charge in [-0.15, -0.1) is 0 Å². The van der Waals surface area contributed by atoms with E-state index in [2.05, 4.69) is 51.5 Å². The van der Waals surface area contributed by atoms with Crippen LogP contribution in [0.1, 0.15) is 112 Å². The van der Waals surface area contributed by atoms with Crippen LogP contribution in [0.25, 0.3) is 11.1 Å². The molecule has 91 heavy (non-hydrogen) atoms. The van der Waals surface area contributed by atoms with Crippen molar-refractivity contribution in [3.8, 4) is 28.8 Å². The molecule has 2 saturated carbocycles. The van der Waals surface area contributed by atoms with Gasteiger partial charge in [-0.3, -0.25) is 9.59 Å². The molecule has 6 heterocycles. The summed E-state index contributed by atoms with van der Waals surface area (Å²) >= 11 is 6.51. The van der Waals surface area contributed by atoms with Crippen molar-refractivity contribution < 1.29 is 91.4 Å². The number of rotatable bonds is 19. The van der Waals surface area contributed by atoms with Crippen molar-refractivity contribution in [1.82, 2.24) is 15.0 Å². The van der Waals surface area contributed by atoms with E-state index in [0.29, 0.717) is 54.1 Å². The Balaban J connectivity index is 0.000000205. The molecule has 3 aliphatic heterocycles. The second-order valence-electron chi connectivity index (χ2n) is 23.8. The summed E-state index contributed by atoms with van der Waals surface area (Å²) in [4.78, 5) is 50.1. The fourth-order valence-corrected chi connectivity index (χ4v) is 10.4. The van der Waals surface area contributed by atoms with Gasteiger partial charge in [-0.2, -0.15) is 0 Å². The topological polar surface area (TPSA) is 204 Å². The molecule has 12 rings (SSSR count). The van der Waals surface area contributed by atoms with Crippen LogP contribution in [-0.2, 0) is 70.0 Å². The maximum absolute atomic E-state index is 13.2. The Labute approximate surface area is 562 Å². The molecule has 0 bridgehead atoms. The minimum absolute atomic E-state index is 0. The number of aliphatic hydroxyl groups excluding tert-OH is 2. The number of hydrogen-bond acceptors (Lipinski definition) is 16. The number of hydrogen-bond donors (Lipinski definition) is 2. The number of ether oxygens (including phenoxy) is 6. The molecule has 0 amide bonds. The largest absolute Gasteiger partial charge is 1.00 e. The molecule has 4 aromatic carbocycles. The Morgan fingerprint density at radius 2 is 1.05 bits per heavy atom. The molecule has 2 N–H and O–H groups in total. The number of aliphatic hydroxyl groups is 2. The normalized spacial score (nSPS) is 16.8. The van der Waals surface area contributed by atoms with Gasteiger partial charge in [-0.1, -0.05) is 72.8 Å². The Kier molecular flexibility index (Phi) is 25.1. The predicted octanol–water partition coefficient (Wildman–Crippen LogP) is 8.24. The maximum atomic E-state index is 13.2. The number of pyridine rings is 3. The SMILES string of the molecule is CC(C)Oc1cc(CO)c(Br)cn1.CC1(C)OB(c2ccc(C3(C(=O)Cc4ccc(F)cc4)COC3)cc2)OC1(C)C.COC(=O)c1cc(OC2CC2)ncc1Br.O=C(Cc1ccc(F)cc1)C1(c2ccc(-c3cnc(OC4CC4)cc3CO)cc2)COC1.[B].[H-].[Li+]. The van der Waals surface area contributed by atoms with E-state index in [9.17, 15) is 28.3 Å². The van der Waals surface area contributed by atoms with Crippen molar-refractivity contribution in [2.24, 2.45) is 0 Å². The zero-order valence-electron chi connectivity index (χ0n) is 53.3. The van der Waals surface area contributed by atoms with E-state index in [1.54, 1.807) is 61.1 Å². The van der Waals surface area contributed by atoms with Crippen LogP contribution in [0, 0.1) is 11.6 Å². The van der Waals surface area contributed by atoms with Crippen LogP contribution in [0.4, 0.5) is 8.78 Å². The average molecular weight is 1370 g/mol. The van der Waals surface area contributed by atoms with E-state index in [1.165, 1.54) is 31.4 Å².